The van der Waals surface area contributed by atoms with E-state index in [0.717, 1.165) is 27.7 Å². The van der Waals surface area contributed by atoms with E-state index >= 15 is 0 Å². The summed E-state index contributed by atoms with van der Waals surface area (Å²) in [5.74, 6) is -0.489. The number of nitrogens with one attached hydrogen (secondary N) is 1. The van der Waals surface area contributed by atoms with Gasteiger partial charge in [0.15, 0.2) is 0 Å². The van der Waals surface area contributed by atoms with Crippen LogP contribution in [0.4, 0.5) is 10.1 Å². The Kier molecular flexibility index (Phi) is 5.03. The summed E-state index contributed by atoms with van der Waals surface area (Å²) >= 11 is 0. The van der Waals surface area contributed by atoms with Crippen molar-refractivity contribution in [2.24, 2.45) is 0 Å². The number of carbonyl (C=O) groups is 1. The Bertz CT molecular complexity index is 981. The van der Waals surface area contributed by atoms with Gasteiger partial charge in [0.25, 0.3) is 0 Å². The first kappa shape index (κ1) is 17.7. The molecule has 1 amide bonds. The third-order valence-electron chi connectivity index (χ3n) is 4.20. The molecule has 0 unspecified atom stereocenters. The van der Waals surface area contributed by atoms with Gasteiger partial charge in [0.1, 0.15) is 5.82 Å². The lowest BCUT2D eigenvalue weighted by molar-refractivity contribution is -0.111. The zero-order valence-corrected chi connectivity index (χ0v) is 14.9. The van der Waals surface area contributed by atoms with Crippen LogP contribution in [0.25, 0.3) is 23.1 Å². The average Bonchev–Trinajstić information content (AvgIpc) is 2.99. The highest BCUT2D eigenvalue weighted by atomic mass is 19.1. The number of benzene rings is 2. The van der Waals surface area contributed by atoms with Crippen LogP contribution in [-0.4, -0.2) is 10.5 Å². The van der Waals surface area contributed by atoms with Crippen molar-refractivity contribution in [3.63, 3.8) is 0 Å². The number of hydrogen-bond donors (Lipinski definition) is 1. The molecule has 0 spiro atoms. The van der Waals surface area contributed by atoms with Crippen LogP contribution in [-0.2, 0) is 4.79 Å². The third-order valence-corrected chi connectivity index (χ3v) is 4.20. The van der Waals surface area contributed by atoms with E-state index in [-0.39, 0.29) is 11.7 Å². The van der Waals surface area contributed by atoms with Crippen LogP contribution in [0, 0.1) is 5.82 Å². The van der Waals surface area contributed by atoms with Crippen LogP contribution in [0.5, 0.6) is 0 Å². The molecule has 0 bridgehead atoms. The van der Waals surface area contributed by atoms with Crippen molar-refractivity contribution >= 4 is 34.6 Å². The molecule has 0 radical (unpaired) electrons. The van der Waals surface area contributed by atoms with Crippen molar-refractivity contribution in [3.8, 4) is 0 Å². The molecule has 4 heteroatoms. The van der Waals surface area contributed by atoms with Crippen LogP contribution in [0.15, 0.2) is 61.3 Å². The monoisotopic (exact) mass is 348 g/mol. The van der Waals surface area contributed by atoms with E-state index in [0.29, 0.717) is 6.04 Å². The SMILES string of the molecule is C=CC(=O)Nc1ccc2c(c1)c(/C=C/c1ccc(F)cc1)cn2C(C)C. The fraction of sp³-hybridized carbons (Fsp3) is 0.136. The molecule has 0 saturated carbocycles. The molecular weight excluding hydrogens is 327 g/mol. The molecule has 0 fully saturated rings. The van der Waals surface area contributed by atoms with Crippen molar-refractivity contribution < 1.29 is 9.18 Å². The topological polar surface area (TPSA) is 34.0 Å². The molecule has 3 nitrogen and oxygen atoms in total. The number of nitrogens with zero attached hydrogens (tertiary/aromatic N) is 1. The third kappa shape index (κ3) is 3.75. The maximum atomic E-state index is 13.1. The lowest BCUT2D eigenvalue weighted by Gasteiger charge is -2.09. The van der Waals surface area contributed by atoms with Gasteiger partial charge in [-0.2, -0.15) is 0 Å². The number of amides is 1. The molecule has 26 heavy (non-hydrogen) atoms. The molecule has 1 aromatic heterocycles. The molecule has 3 rings (SSSR count). The van der Waals surface area contributed by atoms with Crippen LogP contribution in [0.1, 0.15) is 31.0 Å². The van der Waals surface area contributed by atoms with Gasteiger partial charge in [-0.15, -0.1) is 0 Å². The Morgan fingerprint density at radius 3 is 2.54 bits per heavy atom. The second-order valence-electron chi connectivity index (χ2n) is 6.40. The molecular formula is C22H21FN2O. The number of rotatable bonds is 5. The number of carbonyl (C=O) groups excluding carboxylic acids is 1. The zero-order valence-electron chi connectivity index (χ0n) is 14.9. The van der Waals surface area contributed by atoms with Crippen LogP contribution in [0.2, 0.25) is 0 Å². The lowest BCUT2D eigenvalue weighted by atomic mass is 10.1. The summed E-state index contributed by atoms with van der Waals surface area (Å²) in [6, 6.07) is 12.5. The van der Waals surface area contributed by atoms with E-state index in [2.05, 4.69) is 36.5 Å². The summed E-state index contributed by atoms with van der Waals surface area (Å²) < 4.78 is 15.3. The summed E-state index contributed by atoms with van der Waals surface area (Å²) in [6.45, 7) is 7.73. The van der Waals surface area contributed by atoms with Crippen molar-refractivity contribution in [1.82, 2.24) is 4.57 Å². The summed E-state index contributed by atoms with van der Waals surface area (Å²) in [4.78, 5) is 11.6. The van der Waals surface area contributed by atoms with Gasteiger partial charge in [-0.3, -0.25) is 4.79 Å². The Labute approximate surface area is 152 Å². The highest BCUT2D eigenvalue weighted by molar-refractivity contribution is 6.01. The summed E-state index contributed by atoms with van der Waals surface area (Å²) in [5, 5.41) is 3.84. The molecule has 0 aliphatic rings. The van der Waals surface area contributed by atoms with Gasteiger partial charge in [0.2, 0.25) is 5.91 Å². The van der Waals surface area contributed by atoms with E-state index in [1.54, 1.807) is 12.1 Å². The first-order chi connectivity index (χ1) is 12.5. The van der Waals surface area contributed by atoms with Crippen LogP contribution >= 0.6 is 0 Å². The Morgan fingerprint density at radius 2 is 1.88 bits per heavy atom. The summed E-state index contributed by atoms with van der Waals surface area (Å²) in [7, 11) is 0. The van der Waals surface area contributed by atoms with Gasteiger partial charge in [0.05, 0.1) is 0 Å². The quantitative estimate of drug-likeness (QED) is 0.593. The van der Waals surface area contributed by atoms with Gasteiger partial charge in [-0.05, 0) is 55.8 Å². The summed E-state index contributed by atoms with van der Waals surface area (Å²) in [6.07, 6.45) is 7.30. The Balaban J connectivity index is 2.04. The normalized spacial score (nSPS) is 11.4. The standard InChI is InChI=1S/C22H21FN2O/c1-4-22(26)24-19-11-12-21-20(13-19)17(14-25(21)15(2)3)8-5-16-6-9-18(23)10-7-16/h4-15H,1H2,2-3H3,(H,24,26)/b8-5+. The van der Waals surface area contributed by atoms with Gasteiger partial charge < -0.3 is 9.88 Å². The molecule has 132 valence electrons. The van der Waals surface area contributed by atoms with Crippen molar-refractivity contribution in [2.75, 3.05) is 5.32 Å². The maximum Gasteiger partial charge on any atom is 0.247 e. The predicted molar refractivity (Wildman–Crippen MR) is 106 cm³/mol. The maximum absolute atomic E-state index is 13.1. The number of fused-ring (bicyclic) bond motifs is 1. The predicted octanol–water partition coefficient (Wildman–Crippen LogP) is 5.66. The van der Waals surface area contributed by atoms with E-state index in [1.807, 2.05) is 30.4 Å². The second-order valence-corrected chi connectivity index (χ2v) is 6.40. The highest BCUT2D eigenvalue weighted by Gasteiger charge is 2.10. The molecule has 3 aromatic rings. The Morgan fingerprint density at radius 1 is 1.15 bits per heavy atom. The van der Waals surface area contributed by atoms with E-state index < -0.39 is 0 Å². The highest BCUT2D eigenvalue weighted by Crippen LogP contribution is 2.29. The molecule has 2 aromatic carbocycles. The molecule has 0 aliphatic heterocycles. The molecule has 1 N–H and O–H groups in total. The first-order valence-electron chi connectivity index (χ1n) is 8.49. The van der Waals surface area contributed by atoms with Crippen LogP contribution in [0.3, 0.4) is 0 Å². The summed E-state index contributed by atoms with van der Waals surface area (Å²) in [5.41, 5.74) is 3.77. The minimum atomic E-state index is -0.249. The van der Waals surface area contributed by atoms with Crippen molar-refractivity contribution in [2.45, 2.75) is 19.9 Å². The smallest absolute Gasteiger partial charge is 0.247 e. The average molecular weight is 348 g/mol. The number of halogens is 1. The number of hydrogen-bond acceptors (Lipinski definition) is 1. The number of aromatic nitrogens is 1. The lowest BCUT2D eigenvalue weighted by Crippen LogP contribution is -2.07. The van der Waals surface area contributed by atoms with Crippen molar-refractivity contribution in [1.29, 1.82) is 0 Å². The van der Waals surface area contributed by atoms with E-state index in [4.69, 9.17) is 0 Å². The van der Waals surface area contributed by atoms with Crippen LogP contribution < -0.4 is 5.32 Å². The van der Waals surface area contributed by atoms with Gasteiger partial charge in [-0.1, -0.05) is 30.9 Å². The van der Waals surface area contributed by atoms with Gasteiger partial charge in [-0.25, -0.2) is 4.39 Å². The Hall–Kier alpha value is -3.14. The fourth-order valence-corrected chi connectivity index (χ4v) is 2.87. The fourth-order valence-electron chi connectivity index (χ4n) is 2.87. The molecule has 0 saturated heterocycles. The first-order valence-corrected chi connectivity index (χ1v) is 8.49. The second kappa shape index (κ2) is 7.40. The molecule has 0 aliphatic carbocycles. The van der Waals surface area contributed by atoms with Crippen molar-refractivity contribution in [3.05, 3.63) is 78.3 Å². The van der Waals surface area contributed by atoms with Gasteiger partial charge in [0, 0.05) is 34.4 Å². The number of anilines is 1. The molecule has 0 atom stereocenters. The van der Waals surface area contributed by atoms with Gasteiger partial charge >= 0.3 is 0 Å². The minimum Gasteiger partial charge on any atom is -0.344 e. The zero-order chi connectivity index (χ0) is 18.7. The largest absolute Gasteiger partial charge is 0.344 e. The van der Waals surface area contributed by atoms with E-state index in [9.17, 15) is 9.18 Å². The minimum absolute atomic E-state index is 0.240. The molecule has 1 heterocycles. The van der Waals surface area contributed by atoms with E-state index in [1.165, 1.54) is 18.2 Å².